The monoisotopic (exact) mass is 330 g/mol. The van der Waals surface area contributed by atoms with E-state index in [-0.39, 0.29) is 5.91 Å². The molecule has 2 N–H and O–H groups in total. The minimum atomic E-state index is -0.0966. The number of anilines is 2. The smallest absolute Gasteiger partial charge is 0.255 e. The quantitative estimate of drug-likeness (QED) is 0.678. The second-order valence-electron chi connectivity index (χ2n) is 6.18. The number of carbonyl (C=O) groups excluding carboxylic acids is 1. The Bertz CT molecular complexity index is 852. The highest BCUT2D eigenvalue weighted by atomic mass is 16.1. The molecule has 0 aliphatic heterocycles. The van der Waals surface area contributed by atoms with Crippen LogP contribution in [0, 0.1) is 13.8 Å². The molecule has 0 spiro atoms. The van der Waals surface area contributed by atoms with E-state index in [1.807, 2.05) is 67.6 Å². The van der Waals surface area contributed by atoms with E-state index in [1.54, 1.807) is 0 Å². The highest BCUT2D eigenvalue weighted by Crippen LogP contribution is 2.16. The summed E-state index contributed by atoms with van der Waals surface area (Å²) >= 11 is 0. The molecule has 0 bridgehead atoms. The van der Waals surface area contributed by atoms with Gasteiger partial charge in [-0.15, -0.1) is 0 Å². The van der Waals surface area contributed by atoms with Gasteiger partial charge in [-0.1, -0.05) is 42.0 Å². The molecular formula is C22H22N2O. The van der Waals surface area contributed by atoms with Crippen LogP contribution >= 0.6 is 0 Å². The van der Waals surface area contributed by atoms with Gasteiger partial charge < -0.3 is 10.6 Å². The maximum atomic E-state index is 12.2. The Morgan fingerprint density at radius 3 is 2.12 bits per heavy atom. The van der Waals surface area contributed by atoms with Crippen molar-refractivity contribution in [2.24, 2.45) is 0 Å². The first-order valence-electron chi connectivity index (χ1n) is 8.38. The standard InChI is InChI=1S/C22H22N2O/c1-16-7-9-18(10-8-16)22(25)24-21-13-11-20(12-14-21)23-15-19-6-4-3-5-17(19)2/h3-14,23H,15H2,1-2H3,(H,24,25). The van der Waals surface area contributed by atoms with Gasteiger partial charge in [-0.25, -0.2) is 0 Å². The molecule has 3 aromatic rings. The van der Waals surface area contributed by atoms with E-state index in [1.165, 1.54) is 11.1 Å². The molecule has 0 aliphatic rings. The fourth-order valence-electron chi connectivity index (χ4n) is 2.59. The molecule has 25 heavy (non-hydrogen) atoms. The third kappa shape index (κ3) is 4.48. The maximum absolute atomic E-state index is 12.2. The predicted octanol–water partition coefficient (Wildman–Crippen LogP) is 5.17. The maximum Gasteiger partial charge on any atom is 0.255 e. The van der Waals surface area contributed by atoms with Crippen LogP contribution in [0.1, 0.15) is 27.0 Å². The van der Waals surface area contributed by atoms with E-state index in [0.29, 0.717) is 5.56 Å². The van der Waals surface area contributed by atoms with Gasteiger partial charge in [-0.05, 0) is 61.4 Å². The van der Waals surface area contributed by atoms with Crippen LogP contribution in [0.4, 0.5) is 11.4 Å². The van der Waals surface area contributed by atoms with Gasteiger partial charge in [-0.3, -0.25) is 4.79 Å². The molecule has 0 aliphatic carbocycles. The molecule has 1 amide bonds. The second-order valence-corrected chi connectivity index (χ2v) is 6.18. The van der Waals surface area contributed by atoms with Crippen LogP contribution in [-0.4, -0.2) is 5.91 Å². The molecule has 0 heterocycles. The van der Waals surface area contributed by atoms with Crippen molar-refractivity contribution in [3.8, 4) is 0 Å². The van der Waals surface area contributed by atoms with Gasteiger partial charge in [0.05, 0.1) is 0 Å². The molecule has 3 nitrogen and oxygen atoms in total. The Morgan fingerprint density at radius 2 is 1.44 bits per heavy atom. The predicted molar refractivity (Wildman–Crippen MR) is 104 cm³/mol. The van der Waals surface area contributed by atoms with Gasteiger partial charge >= 0.3 is 0 Å². The summed E-state index contributed by atoms with van der Waals surface area (Å²) in [6.45, 7) is 4.90. The molecule has 3 rings (SSSR count). The van der Waals surface area contributed by atoms with E-state index in [0.717, 1.165) is 23.5 Å². The number of benzene rings is 3. The van der Waals surface area contributed by atoms with Crippen molar-refractivity contribution in [1.29, 1.82) is 0 Å². The zero-order chi connectivity index (χ0) is 17.6. The van der Waals surface area contributed by atoms with Crippen molar-refractivity contribution in [2.45, 2.75) is 20.4 Å². The first kappa shape index (κ1) is 16.8. The summed E-state index contributed by atoms with van der Waals surface area (Å²) in [5.41, 5.74) is 6.16. The molecule has 0 saturated heterocycles. The minimum Gasteiger partial charge on any atom is -0.381 e. The SMILES string of the molecule is Cc1ccc(C(=O)Nc2ccc(NCc3ccccc3C)cc2)cc1. The normalized spacial score (nSPS) is 10.3. The molecule has 0 radical (unpaired) electrons. The molecular weight excluding hydrogens is 308 g/mol. The number of aryl methyl sites for hydroxylation is 2. The summed E-state index contributed by atoms with van der Waals surface area (Å²) < 4.78 is 0. The van der Waals surface area contributed by atoms with Gasteiger partial charge in [0.1, 0.15) is 0 Å². The van der Waals surface area contributed by atoms with Crippen LogP contribution in [-0.2, 0) is 6.54 Å². The summed E-state index contributed by atoms with van der Waals surface area (Å²) in [6, 6.07) is 23.6. The number of amides is 1. The van der Waals surface area contributed by atoms with E-state index >= 15 is 0 Å². The Hall–Kier alpha value is -3.07. The number of hydrogen-bond donors (Lipinski definition) is 2. The van der Waals surface area contributed by atoms with Crippen LogP contribution in [0.5, 0.6) is 0 Å². The van der Waals surface area contributed by atoms with Crippen LogP contribution in [0.2, 0.25) is 0 Å². The average molecular weight is 330 g/mol. The lowest BCUT2D eigenvalue weighted by Crippen LogP contribution is -2.11. The van der Waals surface area contributed by atoms with Gasteiger partial charge in [0.15, 0.2) is 0 Å². The number of rotatable bonds is 5. The molecule has 0 atom stereocenters. The zero-order valence-corrected chi connectivity index (χ0v) is 14.5. The van der Waals surface area contributed by atoms with Crippen LogP contribution in [0.3, 0.4) is 0 Å². The van der Waals surface area contributed by atoms with E-state index in [4.69, 9.17) is 0 Å². The average Bonchev–Trinajstić information content (AvgIpc) is 2.63. The van der Waals surface area contributed by atoms with Crippen LogP contribution < -0.4 is 10.6 Å². The topological polar surface area (TPSA) is 41.1 Å². The third-order valence-corrected chi connectivity index (χ3v) is 4.20. The molecule has 0 saturated carbocycles. The lowest BCUT2D eigenvalue weighted by atomic mass is 10.1. The highest BCUT2D eigenvalue weighted by molar-refractivity contribution is 6.04. The van der Waals surface area contributed by atoms with E-state index in [9.17, 15) is 4.79 Å². The lowest BCUT2D eigenvalue weighted by Gasteiger charge is -2.10. The van der Waals surface area contributed by atoms with Crippen molar-refractivity contribution in [3.63, 3.8) is 0 Å². The van der Waals surface area contributed by atoms with Crippen LogP contribution in [0.25, 0.3) is 0 Å². The third-order valence-electron chi connectivity index (χ3n) is 4.20. The molecule has 0 unspecified atom stereocenters. The first-order chi connectivity index (χ1) is 12.1. The van der Waals surface area contributed by atoms with Crippen molar-refractivity contribution >= 4 is 17.3 Å². The zero-order valence-electron chi connectivity index (χ0n) is 14.5. The molecule has 0 aromatic heterocycles. The van der Waals surface area contributed by atoms with Crippen molar-refractivity contribution < 1.29 is 4.79 Å². The Kier molecular flexibility index (Phi) is 5.14. The fourth-order valence-corrected chi connectivity index (χ4v) is 2.59. The number of carbonyl (C=O) groups is 1. The van der Waals surface area contributed by atoms with Crippen LogP contribution in [0.15, 0.2) is 72.8 Å². The van der Waals surface area contributed by atoms with Gasteiger partial charge in [0.25, 0.3) is 5.91 Å². The molecule has 3 aromatic carbocycles. The van der Waals surface area contributed by atoms with Crippen molar-refractivity contribution in [2.75, 3.05) is 10.6 Å². The van der Waals surface area contributed by atoms with E-state index in [2.05, 4.69) is 29.7 Å². The molecule has 3 heteroatoms. The van der Waals surface area contributed by atoms with Gasteiger partial charge in [-0.2, -0.15) is 0 Å². The largest absolute Gasteiger partial charge is 0.381 e. The summed E-state index contributed by atoms with van der Waals surface area (Å²) in [6.07, 6.45) is 0. The lowest BCUT2D eigenvalue weighted by molar-refractivity contribution is 0.102. The Labute approximate surface area is 148 Å². The number of nitrogens with one attached hydrogen (secondary N) is 2. The minimum absolute atomic E-state index is 0.0966. The first-order valence-corrected chi connectivity index (χ1v) is 8.38. The van der Waals surface area contributed by atoms with Gasteiger partial charge in [0, 0.05) is 23.5 Å². The second kappa shape index (κ2) is 7.67. The summed E-state index contributed by atoms with van der Waals surface area (Å²) in [5.74, 6) is -0.0966. The number of hydrogen-bond acceptors (Lipinski definition) is 2. The van der Waals surface area contributed by atoms with Gasteiger partial charge in [0.2, 0.25) is 0 Å². The summed E-state index contributed by atoms with van der Waals surface area (Å²) in [4.78, 5) is 12.2. The van der Waals surface area contributed by atoms with Crippen molar-refractivity contribution in [1.82, 2.24) is 0 Å². The fraction of sp³-hybridized carbons (Fsp3) is 0.136. The van der Waals surface area contributed by atoms with E-state index < -0.39 is 0 Å². The summed E-state index contributed by atoms with van der Waals surface area (Å²) in [7, 11) is 0. The summed E-state index contributed by atoms with van der Waals surface area (Å²) in [5, 5.41) is 6.33. The Morgan fingerprint density at radius 1 is 0.800 bits per heavy atom. The molecule has 0 fully saturated rings. The Balaban J connectivity index is 1.59. The molecule has 126 valence electrons. The van der Waals surface area contributed by atoms with Crippen molar-refractivity contribution in [3.05, 3.63) is 95.1 Å². The highest BCUT2D eigenvalue weighted by Gasteiger charge is 2.05.